The van der Waals surface area contributed by atoms with Crippen LogP contribution < -0.4 is 5.32 Å². The number of ether oxygens (including phenoxy) is 1. The van der Waals surface area contributed by atoms with E-state index in [2.05, 4.69) is 5.32 Å². The minimum Gasteiger partial charge on any atom is -0.392 e. The third-order valence-electron chi connectivity index (χ3n) is 1.69. The van der Waals surface area contributed by atoms with E-state index in [-0.39, 0.29) is 12.1 Å². The van der Waals surface area contributed by atoms with Crippen molar-refractivity contribution in [2.24, 2.45) is 0 Å². The Labute approximate surface area is 68.8 Å². The van der Waals surface area contributed by atoms with Crippen molar-refractivity contribution in [2.75, 3.05) is 13.7 Å². The molecule has 0 aliphatic carbocycles. The van der Waals surface area contributed by atoms with Crippen molar-refractivity contribution in [3.63, 3.8) is 0 Å². The van der Waals surface area contributed by atoms with Gasteiger partial charge in [0.25, 0.3) is 0 Å². The van der Waals surface area contributed by atoms with Crippen molar-refractivity contribution >= 4 is 0 Å². The van der Waals surface area contributed by atoms with Crippen LogP contribution in [0.15, 0.2) is 0 Å². The maximum atomic E-state index is 9.13. The lowest BCUT2D eigenvalue weighted by Gasteiger charge is -2.21. The Balaban J connectivity index is 3.48. The number of hydrogen-bond acceptors (Lipinski definition) is 3. The molecule has 0 fully saturated rings. The summed E-state index contributed by atoms with van der Waals surface area (Å²) in [5, 5.41) is 12.3. The molecule has 0 aliphatic heterocycles. The third kappa shape index (κ3) is 5.18. The fourth-order valence-corrected chi connectivity index (χ4v) is 0.886. The second-order valence-corrected chi connectivity index (χ2v) is 3.05. The van der Waals surface area contributed by atoms with E-state index in [0.717, 1.165) is 0 Å². The molecule has 3 atom stereocenters. The summed E-state index contributed by atoms with van der Waals surface area (Å²) >= 11 is 0. The fraction of sp³-hybridized carbons (Fsp3) is 1.00. The van der Waals surface area contributed by atoms with Crippen LogP contribution in [-0.2, 0) is 4.74 Å². The normalized spacial score (nSPS) is 19.4. The van der Waals surface area contributed by atoms with Crippen molar-refractivity contribution in [3.05, 3.63) is 0 Å². The van der Waals surface area contributed by atoms with Gasteiger partial charge in [-0.05, 0) is 20.8 Å². The zero-order valence-corrected chi connectivity index (χ0v) is 7.79. The molecule has 0 aromatic rings. The van der Waals surface area contributed by atoms with Gasteiger partial charge in [0.15, 0.2) is 0 Å². The molecule has 0 amide bonds. The second-order valence-electron chi connectivity index (χ2n) is 3.05. The van der Waals surface area contributed by atoms with E-state index >= 15 is 0 Å². The summed E-state index contributed by atoms with van der Waals surface area (Å²) in [6.07, 6.45) is -0.311. The predicted octanol–water partition coefficient (Wildman–Crippen LogP) is 0.380. The first-order valence-corrected chi connectivity index (χ1v) is 4.01. The quantitative estimate of drug-likeness (QED) is 0.612. The highest BCUT2D eigenvalue weighted by atomic mass is 16.5. The molecule has 0 saturated heterocycles. The molecule has 2 N–H and O–H groups in total. The third-order valence-corrected chi connectivity index (χ3v) is 1.69. The Morgan fingerprint density at radius 1 is 1.36 bits per heavy atom. The first kappa shape index (κ1) is 10.9. The van der Waals surface area contributed by atoms with E-state index in [4.69, 9.17) is 9.84 Å². The highest BCUT2D eigenvalue weighted by Gasteiger charge is 2.10. The van der Waals surface area contributed by atoms with Gasteiger partial charge >= 0.3 is 0 Å². The highest BCUT2D eigenvalue weighted by molar-refractivity contribution is 4.70. The number of aliphatic hydroxyl groups is 1. The lowest BCUT2D eigenvalue weighted by molar-refractivity contribution is 0.123. The van der Waals surface area contributed by atoms with Crippen molar-refractivity contribution in [1.82, 2.24) is 5.32 Å². The summed E-state index contributed by atoms with van der Waals surface area (Å²) in [4.78, 5) is 0. The molecule has 0 saturated carbocycles. The zero-order valence-electron chi connectivity index (χ0n) is 7.79. The van der Waals surface area contributed by atoms with Crippen LogP contribution in [0.1, 0.15) is 20.8 Å². The van der Waals surface area contributed by atoms with Crippen LogP contribution in [-0.4, -0.2) is 37.0 Å². The molecule has 0 aromatic carbocycles. The number of rotatable bonds is 5. The summed E-state index contributed by atoms with van der Waals surface area (Å²) < 4.78 is 4.94. The van der Waals surface area contributed by atoms with Gasteiger partial charge in [0.2, 0.25) is 0 Å². The van der Waals surface area contributed by atoms with Gasteiger partial charge in [-0.2, -0.15) is 0 Å². The van der Waals surface area contributed by atoms with E-state index in [9.17, 15) is 0 Å². The summed E-state index contributed by atoms with van der Waals surface area (Å²) in [5.41, 5.74) is 0. The molecule has 0 heterocycles. The van der Waals surface area contributed by atoms with Crippen LogP contribution in [0.5, 0.6) is 0 Å². The topological polar surface area (TPSA) is 41.5 Å². The lowest BCUT2D eigenvalue weighted by atomic mass is 10.2. The number of aliphatic hydroxyl groups excluding tert-OH is 1. The molecule has 0 spiro atoms. The summed E-state index contributed by atoms with van der Waals surface area (Å²) in [6.45, 7) is 6.44. The Hall–Kier alpha value is -0.120. The molecule has 3 nitrogen and oxygen atoms in total. The van der Waals surface area contributed by atoms with Crippen LogP contribution in [0.4, 0.5) is 0 Å². The van der Waals surface area contributed by atoms with Crippen LogP contribution in [0.25, 0.3) is 0 Å². The lowest BCUT2D eigenvalue weighted by Crippen LogP contribution is -2.42. The smallest absolute Gasteiger partial charge is 0.0662 e. The number of methoxy groups -OCH3 is 1. The highest BCUT2D eigenvalue weighted by Crippen LogP contribution is 1.93. The first-order valence-electron chi connectivity index (χ1n) is 4.01. The van der Waals surface area contributed by atoms with E-state index < -0.39 is 0 Å². The predicted molar refractivity (Wildman–Crippen MR) is 45.6 cm³/mol. The summed E-state index contributed by atoms with van der Waals surface area (Å²) in [5.74, 6) is 0. The standard InChI is InChI=1S/C8H19NO2/c1-6(5-11-4)9-7(2)8(3)10/h6-10H,5H2,1-4H3. The Morgan fingerprint density at radius 3 is 2.27 bits per heavy atom. The number of nitrogens with one attached hydrogen (secondary N) is 1. The van der Waals surface area contributed by atoms with Crippen molar-refractivity contribution < 1.29 is 9.84 Å². The Kier molecular flexibility index (Phi) is 5.46. The van der Waals surface area contributed by atoms with Gasteiger partial charge in [0.1, 0.15) is 0 Å². The molecule has 68 valence electrons. The van der Waals surface area contributed by atoms with E-state index in [0.29, 0.717) is 12.6 Å². The maximum Gasteiger partial charge on any atom is 0.0662 e. The van der Waals surface area contributed by atoms with Crippen LogP contribution in [0.2, 0.25) is 0 Å². The van der Waals surface area contributed by atoms with Gasteiger partial charge in [-0.1, -0.05) is 0 Å². The maximum absolute atomic E-state index is 9.13. The van der Waals surface area contributed by atoms with Gasteiger partial charge < -0.3 is 15.2 Å². The second kappa shape index (κ2) is 5.52. The van der Waals surface area contributed by atoms with E-state index in [1.807, 2.05) is 13.8 Å². The molecule has 0 aromatic heterocycles. The van der Waals surface area contributed by atoms with Gasteiger partial charge in [0.05, 0.1) is 12.7 Å². The monoisotopic (exact) mass is 161 g/mol. The molecular formula is C8H19NO2. The van der Waals surface area contributed by atoms with Crippen molar-refractivity contribution in [1.29, 1.82) is 0 Å². The first-order chi connectivity index (χ1) is 5.07. The van der Waals surface area contributed by atoms with Crippen LogP contribution in [0.3, 0.4) is 0 Å². The molecule has 3 unspecified atom stereocenters. The average molecular weight is 161 g/mol. The zero-order chi connectivity index (χ0) is 8.85. The summed E-state index contributed by atoms with van der Waals surface area (Å²) in [7, 11) is 1.67. The van der Waals surface area contributed by atoms with Gasteiger partial charge in [0, 0.05) is 19.2 Å². The Morgan fingerprint density at radius 2 is 1.91 bits per heavy atom. The van der Waals surface area contributed by atoms with E-state index in [1.54, 1.807) is 14.0 Å². The van der Waals surface area contributed by atoms with E-state index in [1.165, 1.54) is 0 Å². The van der Waals surface area contributed by atoms with Crippen molar-refractivity contribution in [2.45, 2.75) is 39.0 Å². The largest absolute Gasteiger partial charge is 0.392 e. The Bertz CT molecular complexity index is 96.1. The molecule has 0 bridgehead atoms. The molecule has 0 radical (unpaired) electrons. The van der Waals surface area contributed by atoms with Crippen molar-refractivity contribution in [3.8, 4) is 0 Å². The van der Waals surface area contributed by atoms with Crippen LogP contribution >= 0.6 is 0 Å². The molecule has 11 heavy (non-hydrogen) atoms. The fourth-order valence-electron chi connectivity index (χ4n) is 0.886. The molecule has 0 aliphatic rings. The minimum absolute atomic E-state index is 0.125. The molecular weight excluding hydrogens is 142 g/mol. The summed E-state index contributed by atoms with van der Waals surface area (Å²) in [6, 6.07) is 0.421. The molecule has 3 heteroatoms. The van der Waals surface area contributed by atoms with Gasteiger partial charge in [-0.25, -0.2) is 0 Å². The SMILES string of the molecule is COCC(C)NC(C)C(C)O. The molecule has 0 rings (SSSR count). The van der Waals surface area contributed by atoms with Gasteiger partial charge in [-0.3, -0.25) is 0 Å². The van der Waals surface area contributed by atoms with Crippen LogP contribution in [0, 0.1) is 0 Å². The minimum atomic E-state index is -0.311. The average Bonchev–Trinajstić information content (AvgIpc) is 1.87. The number of hydrogen-bond donors (Lipinski definition) is 2. The van der Waals surface area contributed by atoms with Gasteiger partial charge in [-0.15, -0.1) is 0 Å².